The van der Waals surface area contributed by atoms with E-state index in [1.54, 1.807) is 12.0 Å². The van der Waals surface area contributed by atoms with Crippen molar-refractivity contribution in [3.8, 4) is 0 Å². The van der Waals surface area contributed by atoms with Crippen LogP contribution in [0.5, 0.6) is 0 Å². The molecule has 2 aliphatic heterocycles. The number of carbonyl (C=O) groups is 4. The van der Waals surface area contributed by atoms with Crippen LogP contribution in [0.2, 0.25) is 0 Å². The second-order valence-corrected chi connectivity index (χ2v) is 7.53. The summed E-state index contributed by atoms with van der Waals surface area (Å²) in [6.45, 7) is 3.79. The van der Waals surface area contributed by atoms with E-state index in [0.29, 0.717) is 32.0 Å². The molecule has 1 fully saturated rings. The van der Waals surface area contributed by atoms with Crippen molar-refractivity contribution in [3.05, 3.63) is 34.9 Å². The molecule has 0 saturated carbocycles. The van der Waals surface area contributed by atoms with Crippen LogP contribution >= 0.6 is 0 Å². The number of fused-ring (bicyclic) bond motifs is 1. The van der Waals surface area contributed by atoms with Crippen molar-refractivity contribution in [1.29, 1.82) is 0 Å². The number of methoxy groups -OCH3 is 1. The zero-order valence-electron chi connectivity index (χ0n) is 16.8. The number of amides is 3. The third kappa shape index (κ3) is 4.64. The predicted octanol–water partition coefficient (Wildman–Crippen LogP) is 1.73. The molecule has 1 aromatic rings. The van der Waals surface area contributed by atoms with Crippen LogP contribution in [0.4, 0.5) is 0 Å². The van der Waals surface area contributed by atoms with E-state index in [2.05, 4.69) is 6.92 Å². The molecule has 0 spiro atoms. The molecular formula is C21H26N2O6. The van der Waals surface area contributed by atoms with Gasteiger partial charge in [0.1, 0.15) is 0 Å². The van der Waals surface area contributed by atoms with Gasteiger partial charge in [-0.1, -0.05) is 6.92 Å². The Labute approximate surface area is 169 Å². The molecule has 0 unspecified atom stereocenters. The maximum absolute atomic E-state index is 12.5. The number of benzene rings is 1. The van der Waals surface area contributed by atoms with Gasteiger partial charge in [0.15, 0.2) is 6.61 Å². The van der Waals surface area contributed by atoms with E-state index in [-0.39, 0.29) is 41.7 Å². The lowest BCUT2D eigenvalue weighted by Gasteiger charge is -2.30. The fourth-order valence-electron chi connectivity index (χ4n) is 3.71. The van der Waals surface area contributed by atoms with Crippen LogP contribution < -0.4 is 0 Å². The second kappa shape index (κ2) is 9.17. The summed E-state index contributed by atoms with van der Waals surface area (Å²) in [6, 6.07) is 4.26. The smallest absolute Gasteiger partial charge is 0.338 e. The molecule has 0 radical (unpaired) electrons. The van der Waals surface area contributed by atoms with E-state index in [0.717, 1.165) is 17.7 Å². The summed E-state index contributed by atoms with van der Waals surface area (Å²) in [4.78, 5) is 52.4. The second-order valence-electron chi connectivity index (χ2n) is 7.53. The Hall–Kier alpha value is -2.74. The largest absolute Gasteiger partial charge is 0.452 e. The number of esters is 1. The summed E-state index contributed by atoms with van der Waals surface area (Å²) in [6.07, 6.45) is 2.57. The lowest BCUT2D eigenvalue weighted by molar-refractivity contribution is -0.136. The highest BCUT2D eigenvalue weighted by Gasteiger charge is 2.35. The normalized spacial score (nSPS) is 18.8. The monoisotopic (exact) mass is 402 g/mol. The molecule has 3 amide bonds. The van der Waals surface area contributed by atoms with Crippen LogP contribution in [-0.2, 0) is 14.3 Å². The topological polar surface area (TPSA) is 93.2 Å². The van der Waals surface area contributed by atoms with E-state index < -0.39 is 11.9 Å². The van der Waals surface area contributed by atoms with E-state index in [1.807, 2.05) is 0 Å². The Bertz CT molecular complexity index is 821. The minimum absolute atomic E-state index is 0.142. The van der Waals surface area contributed by atoms with Crippen molar-refractivity contribution in [2.24, 2.45) is 5.92 Å². The molecule has 1 aromatic carbocycles. The average Bonchev–Trinajstić information content (AvgIpc) is 2.96. The van der Waals surface area contributed by atoms with Crippen molar-refractivity contribution in [2.75, 3.05) is 40.0 Å². The van der Waals surface area contributed by atoms with Gasteiger partial charge < -0.3 is 14.4 Å². The number of likely N-dealkylation sites (tertiary alicyclic amines) is 1. The summed E-state index contributed by atoms with van der Waals surface area (Å²) in [5.74, 6) is -1.29. The van der Waals surface area contributed by atoms with E-state index in [1.165, 1.54) is 18.2 Å². The van der Waals surface area contributed by atoms with E-state index >= 15 is 0 Å². The Morgan fingerprint density at radius 2 is 1.93 bits per heavy atom. The number of hydrogen-bond acceptors (Lipinski definition) is 6. The molecule has 0 bridgehead atoms. The van der Waals surface area contributed by atoms with Gasteiger partial charge in [0.25, 0.3) is 17.7 Å². The van der Waals surface area contributed by atoms with Crippen molar-refractivity contribution in [2.45, 2.75) is 26.2 Å². The van der Waals surface area contributed by atoms with Crippen LogP contribution in [0, 0.1) is 5.92 Å². The molecule has 2 aliphatic rings. The first-order valence-corrected chi connectivity index (χ1v) is 9.86. The minimum Gasteiger partial charge on any atom is -0.452 e. The van der Waals surface area contributed by atoms with Gasteiger partial charge in [-0.2, -0.15) is 0 Å². The van der Waals surface area contributed by atoms with Crippen LogP contribution in [0.15, 0.2) is 18.2 Å². The Balaban J connectivity index is 1.61. The van der Waals surface area contributed by atoms with Crippen LogP contribution in [0.3, 0.4) is 0 Å². The summed E-state index contributed by atoms with van der Waals surface area (Å²) in [5, 5.41) is 0. The minimum atomic E-state index is -0.690. The van der Waals surface area contributed by atoms with Crippen molar-refractivity contribution in [1.82, 2.24) is 9.80 Å². The first kappa shape index (κ1) is 21.0. The van der Waals surface area contributed by atoms with Crippen molar-refractivity contribution < 1.29 is 28.7 Å². The third-order valence-electron chi connectivity index (χ3n) is 5.27. The van der Waals surface area contributed by atoms with E-state index in [4.69, 9.17) is 9.47 Å². The summed E-state index contributed by atoms with van der Waals surface area (Å²) in [7, 11) is 1.55. The number of hydrogen-bond donors (Lipinski definition) is 0. The maximum Gasteiger partial charge on any atom is 0.338 e. The highest BCUT2D eigenvalue weighted by Crippen LogP contribution is 2.24. The van der Waals surface area contributed by atoms with Crippen LogP contribution in [-0.4, -0.2) is 73.4 Å². The van der Waals surface area contributed by atoms with Crippen LogP contribution in [0.25, 0.3) is 0 Å². The average molecular weight is 402 g/mol. The molecule has 29 heavy (non-hydrogen) atoms. The summed E-state index contributed by atoms with van der Waals surface area (Å²) < 4.78 is 10.1. The molecule has 0 aliphatic carbocycles. The third-order valence-corrected chi connectivity index (χ3v) is 5.27. The van der Waals surface area contributed by atoms with Crippen LogP contribution in [0.1, 0.15) is 57.3 Å². The molecule has 1 saturated heterocycles. The van der Waals surface area contributed by atoms with Crippen molar-refractivity contribution in [3.63, 3.8) is 0 Å². The zero-order valence-corrected chi connectivity index (χ0v) is 16.8. The van der Waals surface area contributed by atoms with Gasteiger partial charge in [0, 0.05) is 33.4 Å². The van der Waals surface area contributed by atoms with E-state index in [9.17, 15) is 19.2 Å². The fourth-order valence-corrected chi connectivity index (χ4v) is 3.71. The Morgan fingerprint density at radius 3 is 2.66 bits per heavy atom. The van der Waals surface area contributed by atoms with Gasteiger partial charge in [0.2, 0.25) is 0 Å². The number of carbonyl (C=O) groups excluding carboxylic acids is 4. The number of nitrogens with zero attached hydrogens (tertiary/aromatic N) is 2. The molecule has 0 aromatic heterocycles. The molecule has 2 heterocycles. The molecule has 8 nitrogen and oxygen atoms in total. The number of piperidine rings is 1. The van der Waals surface area contributed by atoms with Gasteiger partial charge in [0.05, 0.1) is 16.7 Å². The molecule has 8 heteroatoms. The summed E-state index contributed by atoms with van der Waals surface area (Å²) in [5.41, 5.74) is 0.587. The first-order chi connectivity index (χ1) is 13.9. The number of imide groups is 1. The van der Waals surface area contributed by atoms with Gasteiger partial charge in [-0.3, -0.25) is 19.3 Å². The number of rotatable bonds is 7. The maximum atomic E-state index is 12.5. The highest BCUT2D eigenvalue weighted by molar-refractivity contribution is 6.21. The SMILES string of the molecule is COCCCN1C(=O)c2ccc(C(=O)OCC(=O)N3CCC[C@@H](C)C3)cc2C1=O. The lowest BCUT2D eigenvalue weighted by atomic mass is 10.0. The van der Waals surface area contributed by atoms with Gasteiger partial charge in [-0.25, -0.2) is 4.79 Å². The zero-order chi connectivity index (χ0) is 21.0. The lowest BCUT2D eigenvalue weighted by Crippen LogP contribution is -2.41. The quantitative estimate of drug-likeness (QED) is 0.392. The van der Waals surface area contributed by atoms with Gasteiger partial charge >= 0.3 is 5.97 Å². The predicted molar refractivity (Wildman–Crippen MR) is 104 cm³/mol. The molecule has 3 rings (SSSR count). The molecule has 156 valence electrons. The standard InChI is InChI=1S/C21H26N2O6/c1-14-5-3-8-22(12-14)18(24)13-29-21(27)15-6-7-16-17(11-15)20(26)23(19(16)25)9-4-10-28-2/h6-7,11,14H,3-5,8-10,12-13H2,1-2H3/t14-/m1/s1. The Morgan fingerprint density at radius 1 is 1.17 bits per heavy atom. The molecule has 1 atom stereocenters. The first-order valence-electron chi connectivity index (χ1n) is 9.86. The molecule has 0 N–H and O–H groups in total. The van der Waals surface area contributed by atoms with Gasteiger partial charge in [-0.15, -0.1) is 0 Å². The van der Waals surface area contributed by atoms with Crippen molar-refractivity contribution >= 4 is 23.7 Å². The fraction of sp³-hybridized carbons (Fsp3) is 0.524. The molecular weight excluding hydrogens is 376 g/mol. The highest BCUT2D eigenvalue weighted by atomic mass is 16.5. The van der Waals surface area contributed by atoms with Gasteiger partial charge in [-0.05, 0) is 43.4 Å². The number of ether oxygens (including phenoxy) is 2. The summed E-state index contributed by atoms with van der Waals surface area (Å²) >= 11 is 0. The Kier molecular flexibility index (Phi) is 6.64.